The molecule has 1 heterocycles. The molecule has 3 atom stereocenters. The Balaban J connectivity index is 2.57. The van der Waals surface area contributed by atoms with E-state index in [1.54, 1.807) is 11.8 Å². The molecule has 0 spiro atoms. The second kappa shape index (κ2) is 5.89. The number of nitrogens with zero attached hydrogens (tertiary/aromatic N) is 2. The SMILES string of the molecule is CS/C(=N\C(C)[C@H](C)C(C)N)N1CC(N)C1. The van der Waals surface area contributed by atoms with E-state index in [4.69, 9.17) is 16.5 Å². The third-order valence-corrected chi connectivity index (χ3v) is 4.00. The molecular weight excluding hydrogens is 220 g/mol. The lowest BCUT2D eigenvalue weighted by molar-refractivity contribution is 0.257. The van der Waals surface area contributed by atoms with Gasteiger partial charge in [0.2, 0.25) is 0 Å². The first kappa shape index (κ1) is 13.8. The number of thioether (sulfide) groups is 1. The number of likely N-dealkylation sites (tertiary alicyclic amines) is 1. The van der Waals surface area contributed by atoms with Crippen molar-refractivity contribution in [3.8, 4) is 0 Å². The summed E-state index contributed by atoms with van der Waals surface area (Å²) in [4.78, 5) is 6.98. The minimum atomic E-state index is 0.181. The number of hydrogen-bond donors (Lipinski definition) is 2. The molecule has 0 bridgehead atoms. The third-order valence-electron chi connectivity index (χ3n) is 3.27. The maximum absolute atomic E-state index is 5.89. The summed E-state index contributed by atoms with van der Waals surface area (Å²) in [6.45, 7) is 8.18. The van der Waals surface area contributed by atoms with Crippen LogP contribution in [0.1, 0.15) is 20.8 Å². The Hall–Kier alpha value is -0.260. The minimum Gasteiger partial charge on any atom is -0.348 e. The van der Waals surface area contributed by atoms with Crippen LogP contribution in [-0.4, -0.2) is 47.5 Å². The topological polar surface area (TPSA) is 67.6 Å². The first-order valence-corrected chi connectivity index (χ1v) is 7.06. The normalized spacial score (nSPS) is 23.9. The van der Waals surface area contributed by atoms with E-state index < -0.39 is 0 Å². The van der Waals surface area contributed by atoms with Gasteiger partial charge in [-0.25, -0.2) is 0 Å². The molecule has 4 nitrogen and oxygen atoms in total. The highest BCUT2D eigenvalue weighted by Crippen LogP contribution is 2.17. The third kappa shape index (κ3) is 3.37. The fourth-order valence-electron chi connectivity index (χ4n) is 1.66. The number of rotatable bonds is 3. The van der Waals surface area contributed by atoms with E-state index in [1.165, 1.54) is 0 Å². The lowest BCUT2D eigenvalue weighted by atomic mass is 9.97. The summed E-state index contributed by atoms with van der Waals surface area (Å²) in [5, 5.41) is 1.10. The second-order valence-corrected chi connectivity index (χ2v) is 5.51. The van der Waals surface area contributed by atoms with Crippen molar-refractivity contribution in [1.29, 1.82) is 0 Å². The molecule has 1 aliphatic heterocycles. The zero-order valence-corrected chi connectivity index (χ0v) is 11.5. The van der Waals surface area contributed by atoms with Crippen LogP contribution in [0.15, 0.2) is 4.99 Å². The predicted molar refractivity (Wildman–Crippen MR) is 72.8 cm³/mol. The molecule has 0 amide bonds. The molecule has 94 valence electrons. The summed E-state index contributed by atoms with van der Waals surface area (Å²) in [7, 11) is 0. The van der Waals surface area contributed by atoms with Gasteiger partial charge in [0, 0.05) is 25.2 Å². The van der Waals surface area contributed by atoms with Gasteiger partial charge in [-0.2, -0.15) is 0 Å². The van der Waals surface area contributed by atoms with Crippen molar-refractivity contribution in [3.63, 3.8) is 0 Å². The summed E-state index contributed by atoms with van der Waals surface area (Å²) in [5.74, 6) is 0.400. The molecule has 1 fully saturated rings. The standard InChI is InChI=1S/C11H24N4S/c1-7(8(2)12)9(3)14-11(16-4)15-5-10(13)6-15/h7-10H,5-6,12-13H2,1-4H3/b14-11-/t7-,8?,9?/m1/s1. The lowest BCUT2D eigenvalue weighted by Gasteiger charge is -2.39. The van der Waals surface area contributed by atoms with E-state index in [0.717, 1.165) is 18.3 Å². The Morgan fingerprint density at radius 1 is 1.38 bits per heavy atom. The van der Waals surface area contributed by atoms with Gasteiger partial charge in [-0.3, -0.25) is 4.99 Å². The van der Waals surface area contributed by atoms with Crippen molar-refractivity contribution < 1.29 is 0 Å². The van der Waals surface area contributed by atoms with Gasteiger partial charge in [-0.05, 0) is 26.0 Å². The molecule has 16 heavy (non-hydrogen) atoms. The molecule has 5 heteroatoms. The van der Waals surface area contributed by atoms with E-state index in [0.29, 0.717) is 12.0 Å². The van der Waals surface area contributed by atoms with E-state index >= 15 is 0 Å². The van der Waals surface area contributed by atoms with E-state index in [2.05, 4.69) is 25.0 Å². The first-order valence-electron chi connectivity index (χ1n) is 5.83. The van der Waals surface area contributed by atoms with Crippen LogP contribution in [0.25, 0.3) is 0 Å². The molecule has 4 N–H and O–H groups in total. The summed E-state index contributed by atoms with van der Waals surface area (Å²) >= 11 is 1.69. The molecule has 1 saturated heterocycles. The summed E-state index contributed by atoms with van der Waals surface area (Å²) in [6.07, 6.45) is 2.06. The van der Waals surface area contributed by atoms with Crippen LogP contribution in [-0.2, 0) is 0 Å². The molecular formula is C11H24N4S. The second-order valence-electron chi connectivity index (χ2n) is 4.74. The van der Waals surface area contributed by atoms with Gasteiger partial charge in [0.25, 0.3) is 0 Å². The van der Waals surface area contributed by atoms with Crippen LogP contribution in [0.4, 0.5) is 0 Å². The van der Waals surface area contributed by atoms with Crippen LogP contribution in [0.2, 0.25) is 0 Å². The zero-order valence-electron chi connectivity index (χ0n) is 10.7. The fraction of sp³-hybridized carbons (Fsp3) is 0.909. The van der Waals surface area contributed by atoms with Gasteiger partial charge in [0.15, 0.2) is 5.17 Å². The Bertz CT molecular complexity index is 248. The molecule has 0 aromatic heterocycles. The molecule has 1 aliphatic rings. The van der Waals surface area contributed by atoms with Gasteiger partial charge in [-0.15, -0.1) is 0 Å². The van der Waals surface area contributed by atoms with Crippen LogP contribution < -0.4 is 11.5 Å². The van der Waals surface area contributed by atoms with E-state index in [9.17, 15) is 0 Å². The van der Waals surface area contributed by atoms with E-state index in [-0.39, 0.29) is 12.1 Å². The summed E-state index contributed by atoms with van der Waals surface area (Å²) < 4.78 is 0. The van der Waals surface area contributed by atoms with Gasteiger partial charge in [-0.1, -0.05) is 18.7 Å². The molecule has 0 saturated carbocycles. The number of hydrogen-bond acceptors (Lipinski definition) is 4. The molecule has 2 unspecified atom stereocenters. The molecule has 0 aromatic carbocycles. The van der Waals surface area contributed by atoms with Crippen LogP contribution >= 0.6 is 11.8 Å². The Labute approximate surface area is 103 Å². The zero-order chi connectivity index (χ0) is 12.3. The maximum atomic E-state index is 5.89. The molecule has 0 radical (unpaired) electrons. The monoisotopic (exact) mass is 244 g/mol. The Kier molecular flexibility index (Phi) is 5.08. The van der Waals surface area contributed by atoms with E-state index in [1.807, 2.05) is 6.92 Å². The number of nitrogens with two attached hydrogens (primary N) is 2. The predicted octanol–water partition coefficient (Wildman–Crippen LogP) is 0.720. The number of amidine groups is 1. The van der Waals surface area contributed by atoms with Crippen molar-refractivity contribution in [2.75, 3.05) is 19.3 Å². The molecule has 0 aliphatic carbocycles. The fourth-order valence-corrected chi connectivity index (χ4v) is 2.34. The molecule has 1 rings (SSSR count). The minimum absolute atomic E-state index is 0.181. The Morgan fingerprint density at radius 2 is 1.94 bits per heavy atom. The number of aliphatic imine (C=N–C) groups is 1. The summed E-state index contributed by atoms with van der Waals surface area (Å²) in [5.41, 5.74) is 11.7. The van der Waals surface area contributed by atoms with Crippen molar-refractivity contribution in [2.45, 2.75) is 38.9 Å². The average Bonchev–Trinajstić information content (AvgIpc) is 2.20. The van der Waals surface area contributed by atoms with Crippen LogP contribution in [0.5, 0.6) is 0 Å². The van der Waals surface area contributed by atoms with Crippen LogP contribution in [0, 0.1) is 5.92 Å². The average molecular weight is 244 g/mol. The van der Waals surface area contributed by atoms with Crippen molar-refractivity contribution in [1.82, 2.24) is 4.90 Å². The van der Waals surface area contributed by atoms with Gasteiger partial charge >= 0.3 is 0 Å². The quantitative estimate of drug-likeness (QED) is 0.567. The largest absolute Gasteiger partial charge is 0.348 e. The smallest absolute Gasteiger partial charge is 0.159 e. The highest BCUT2D eigenvalue weighted by Gasteiger charge is 2.26. The Morgan fingerprint density at radius 3 is 2.31 bits per heavy atom. The van der Waals surface area contributed by atoms with Gasteiger partial charge in [0.05, 0.1) is 6.04 Å². The summed E-state index contributed by atoms with van der Waals surface area (Å²) in [6, 6.07) is 0.762. The van der Waals surface area contributed by atoms with Crippen molar-refractivity contribution in [2.24, 2.45) is 22.4 Å². The molecule has 0 aromatic rings. The maximum Gasteiger partial charge on any atom is 0.159 e. The lowest BCUT2D eigenvalue weighted by Crippen LogP contribution is -2.57. The van der Waals surface area contributed by atoms with Crippen molar-refractivity contribution in [3.05, 3.63) is 0 Å². The highest BCUT2D eigenvalue weighted by atomic mass is 32.2. The van der Waals surface area contributed by atoms with Gasteiger partial charge in [0.1, 0.15) is 0 Å². The van der Waals surface area contributed by atoms with Gasteiger partial charge < -0.3 is 16.4 Å². The van der Waals surface area contributed by atoms with Crippen LogP contribution in [0.3, 0.4) is 0 Å². The highest BCUT2D eigenvalue weighted by molar-refractivity contribution is 8.13. The van der Waals surface area contributed by atoms with Crippen molar-refractivity contribution >= 4 is 16.9 Å². The first-order chi connectivity index (χ1) is 7.45.